The Morgan fingerprint density at radius 3 is 2.67 bits per heavy atom. The van der Waals surface area contributed by atoms with E-state index in [2.05, 4.69) is 5.32 Å². The standard InChI is InChI=1S/C15H19ClN2O3/c1-18(9-10-4-2-3-5-10)15(21)17-13-8-11(16)6-7-12(13)14(19)20/h6-8,10H,2-5,9H2,1H3,(H,17,21)(H,19,20). The van der Waals surface area contributed by atoms with Crippen LogP contribution in [0.15, 0.2) is 18.2 Å². The minimum absolute atomic E-state index is 0.0296. The van der Waals surface area contributed by atoms with Crippen molar-refractivity contribution < 1.29 is 14.7 Å². The molecule has 0 aliphatic heterocycles. The van der Waals surface area contributed by atoms with Crippen LogP contribution in [0.2, 0.25) is 5.02 Å². The van der Waals surface area contributed by atoms with E-state index in [1.807, 2.05) is 0 Å². The van der Waals surface area contributed by atoms with Gasteiger partial charge in [0.1, 0.15) is 0 Å². The van der Waals surface area contributed by atoms with Gasteiger partial charge in [-0.05, 0) is 37.0 Å². The van der Waals surface area contributed by atoms with Crippen LogP contribution in [0.3, 0.4) is 0 Å². The number of carboxylic acids is 1. The van der Waals surface area contributed by atoms with Crippen molar-refractivity contribution in [2.75, 3.05) is 18.9 Å². The molecule has 21 heavy (non-hydrogen) atoms. The number of aromatic carboxylic acids is 1. The van der Waals surface area contributed by atoms with Crippen molar-refractivity contribution in [1.29, 1.82) is 0 Å². The van der Waals surface area contributed by atoms with Crippen LogP contribution in [0.25, 0.3) is 0 Å². The van der Waals surface area contributed by atoms with Gasteiger partial charge in [-0.1, -0.05) is 24.4 Å². The van der Waals surface area contributed by atoms with Crippen LogP contribution < -0.4 is 5.32 Å². The van der Waals surface area contributed by atoms with Gasteiger partial charge in [-0.25, -0.2) is 9.59 Å². The fraction of sp³-hybridized carbons (Fsp3) is 0.467. The Morgan fingerprint density at radius 2 is 2.05 bits per heavy atom. The second kappa shape index (κ2) is 6.80. The van der Waals surface area contributed by atoms with Crippen LogP contribution in [0, 0.1) is 5.92 Å². The van der Waals surface area contributed by atoms with Gasteiger partial charge in [0.05, 0.1) is 11.3 Å². The molecule has 1 aromatic rings. The van der Waals surface area contributed by atoms with Crippen LogP contribution in [-0.4, -0.2) is 35.6 Å². The third-order valence-electron chi connectivity index (χ3n) is 3.81. The zero-order valence-electron chi connectivity index (χ0n) is 11.9. The fourth-order valence-corrected chi connectivity index (χ4v) is 2.85. The quantitative estimate of drug-likeness (QED) is 0.891. The molecule has 0 aromatic heterocycles. The molecule has 1 fully saturated rings. The van der Waals surface area contributed by atoms with Crippen molar-refractivity contribution >= 4 is 29.3 Å². The first-order valence-electron chi connectivity index (χ1n) is 7.02. The second-order valence-corrected chi connectivity index (χ2v) is 5.89. The van der Waals surface area contributed by atoms with Gasteiger partial charge in [0.2, 0.25) is 0 Å². The third-order valence-corrected chi connectivity index (χ3v) is 4.04. The fourth-order valence-electron chi connectivity index (χ4n) is 2.68. The summed E-state index contributed by atoms with van der Waals surface area (Å²) >= 11 is 5.86. The number of carbonyl (C=O) groups is 2. The first-order valence-corrected chi connectivity index (χ1v) is 7.40. The molecule has 5 nitrogen and oxygen atoms in total. The maximum Gasteiger partial charge on any atom is 0.337 e. The minimum atomic E-state index is -1.10. The molecule has 0 atom stereocenters. The molecule has 2 amide bonds. The average molecular weight is 311 g/mol. The maximum absolute atomic E-state index is 12.2. The van der Waals surface area contributed by atoms with E-state index in [9.17, 15) is 9.59 Å². The summed E-state index contributed by atoms with van der Waals surface area (Å²) in [5.74, 6) is -0.556. The first-order chi connectivity index (χ1) is 9.97. The topological polar surface area (TPSA) is 69.6 Å². The summed E-state index contributed by atoms with van der Waals surface area (Å²) < 4.78 is 0. The van der Waals surface area contributed by atoms with Crippen molar-refractivity contribution in [2.24, 2.45) is 5.92 Å². The summed E-state index contributed by atoms with van der Waals surface area (Å²) in [6, 6.07) is 4.01. The van der Waals surface area contributed by atoms with Crippen LogP contribution in [-0.2, 0) is 0 Å². The van der Waals surface area contributed by atoms with Gasteiger partial charge in [-0.3, -0.25) is 0 Å². The third kappa shape index (κ3) is 4.11. The predicted octanol–water partition coefficient (Wildman–Crippen LogP) is 3.69. The number of amides is 2. The van der Waals surface area contributed by atoms with Crippen molar-refractivity contribution in [2.45, 2.75) is 25.7 Å². The van der Waals surface area contributed by atoms with Crippen molar-refractivity contribution in [3.05, 3.63) is 28.8 Å². The second-order valence-electron chi connectivity index (χ2n) is 5.46. The van der Waals surface area contributed by atoms with E-state index in [0.29, 0.717) is 17.5 Å². The molecule has 1 aliphatic carbocycles. The average Bonchev–Trinajstić information content (AvgIpc) is 2.91. The molecule has 0 radical (unpaired) electrons. The number of rotatable bonds is 4. The Morgan fingerprint density at radius 1 is 1.38 bits per heavy atom. The monoisotopic (exact) mass is 310 g/mol. The number of nitrogens with one attached hydrogen (secondary N) is 1. The minimum Gasteiger partial charge on any atom is -0.478 e. The molecule has 1 saturated carbocycles. The number of carboxylic acid groups (broad SMARTS) is 1. The normalized spacial score (nSPS) is 15.0. The van der Waals surface area contributed by atoms with Gasteiger partial charge in [0, 0.05) is 18.6 Å². The van der Waals surface area contributed by atoms with E-state index >= 15 is 0 Å². The van der Waals surface area contributed by atoms with E-state index < -0.39 is 5.97 Å². The molecule has 1 aliphatic rings. The molecule has 2 N–H and O–H groups in total. The number of nitrogens with zero attached hydrogens (tertiary/aromatic N) is 1. The summed E-state index contributed by atoms with van der Waals surface area (Å²) in [6.07, 6.45) is 4.74. The SMILES string of the molecule is CN(CC1CCCC1)C(=O)Nc1cc(Cl)ccc1C(=O)O. The Kier molecular flexibility index (Phi) is 5.07. The van der Waals surface area contributed by atoms with Crippen molar-refractivity contribution in [1.82, 2.24) is 4.90 Å². The van der Waals surface area contributed by atoms with Gasteiger partial charge in [0.25, 0.3) is 0 Å². The lowest BCUT2D eigenvalue weighted by Gasteiger charge is -2.22. The van der Waals surface area contributed by atoms with Crippen molar-refractivity contribution in [3.63, 3.8) is 0 Å². The lowest BCUT2D eigenvalue weighted by molar-refractivity contribution is 0.0698. The van der Waals surface area contributed by atoms with Crippen LogP contribution in [0.1, 0.15) is 36.0 Å². The van der Waals surface area contributed by atoms with Crippen LogP contribution >= 0.6 is 11.6 Å². The Balaban J connectivity index is 2.04. The van der Waals surface area contributed by atoms with Crippen LogP contribution in [0.4, 0.5) is 10.5 Å². The molecule has 0 unspecified atom stereocenters. The van der Waals surface area contributed by atoms with E-state index in [4.69, 9.17) is 16.7 Å². The van der Waals surface area contributed by atoms with E-state index in [-0.39, 0.29) is 17.3 Å². The summed E-state index contributed by atoms with van der Waals surface area (Å²) in [7, 11) is 1.72. The number of anilines is 1. The number of urea groups is 1. The highest BCUT2D eigenvalue weighted by atomic mass is 35.5. The zero-order valence-corrected chi connectivity index (χ0v) is 12.7. The maximum atomic E-state index is 12.2. The zero-order chi connectivity index (χ0) is 15.4. The van der Waals surface area contributed by atoms with Crippen LogP contribution in [0.5, 0.6) is 0 Å². The predicted molar refractivity (Wildman–Crippen MR) is 82.0 cm³/mol. The number of carbonyl (C=O) groups excluding carboxylic acids is 1. The number of halogens is 1. The highest BCUT2D eigenvalue weighted by Crippen LogP contribution is 2.26. The molecule has 2 rings (SSSR count). The number of hydrogen-bond acceptors (Lipinski definition) is 2. The molecule has 6 heteroatoms. The Bertz CT molecular complexity index is 542. The molecule has 0 saturated heterocycles. The van der Waals surface area contributed by atoms with E-state index in [1.165, 1.54) is 31.0 Å². The molecular formula is C15H19ClN2O3. The van der Waals surface area contributed by atoms with Gasteiger partial charge >= 0.3 is 12.0 Å². The number of hydrogen-bond donors (Lipinski definition) is 2. The lowest BCUT2D eigenvalue weighted by atomic mass is 10.1. The molecule has 0 heterocycles. The molecular weight excluding hydrogens is 292 g/mol. The molecule has 0 spiro atoms. The van der Waals surface area contributed by atoms with Gasteiger partial charge in [-0.15, -0.1) is 0 Å². The Labute approximate surface area is 128 Å². The summed E-state index contributed by atoms with van der Waals surface area (Å²) in [4.78, 5) is 24.9. The molecule has 114 valence electrons. The number of benzene rings is 1. The lowest BCUT2D eigenvalue weighted by Crippen LogP contribution is -2.35. The van der Waals surface area contributed by atoms with Gasteiger partial charge < -0.3 is 15.3 Å². The molecule has 0 bridgehead atoms. The Hall–Kier alpha value is -1.75. The first kappa shape index (κ1) is 15.6. The van der Waals surface area contributed by atoms with Gasteiger partial charge in [0.15, 0.2) is 0 Å². The summed E-state index contributed by atoms with van der Waals surface area (Å²) in [5.41, 5.74) is 0.250. The van der Waals surface area contributed by atoms with Crippen molar-refractivity contribution in [3.8, 4) is 0 Å². The van der Waals surface area contributed by atoms with E-state index in [0.717, 1.165) is 12.8 Å². The highest BCUT2D eigenvalue weighted by molar-refractivity contribution is 6.31. The summed E-state index contributed by atoms with van der Waals surface area (Å²) in [5, 5.41) is 12.1. The summed E-state index contributed by atoms with van der Waals surface area (Å²) in [6.45, 7) is 0.689. The highest BCUT2D eigenvalue weighted by Gasteiger charge is 2.20. The van der Waals surface area contributed by atoms with E-state index in [1.54, 1.807) is 11.9 Å². The molecule has 1 aromatic carbocycles. The largest absolute Gasteiger partial charge is 0.478 e. The van der Waals surface area contributed by atoms with Gasteiger partial charge in [-0.2, -0.15) is 0 Å². The smallest absolute Gasteiger partial charge is 0.337 e.